The highest BCUT2D eigenvalue weighted by atomic mass is 32.1. The summed E-state index contributed by atoms with van der Waals surface area (Å²) in [4.78, 5) is 19.0. The molecule has 1 aromatic heterocycles. The van der Waals surface area contributed by atoms with Gasteiger partial charge in [0.25, 0.3) is 0 Å². The first-order chi connectivity index (χ1) is 11.9. The molecule has 134 valence electrons. The van der Waals surface area contributed by atoms with Gasteiger partial charge in [-0.15, -0.1) is 11.3 Å². The molecular weight excluding hydrogens is 355 g/mol. The van der Waals surface area contributed by atoms with E-state index >= 15 is 0 Å². The maximum Gasteiger partial charge on any atom is 0.434 e. The van der Waals surface area contributed by atoms with Crippen LogP contribution in [0.25, 0.3) is 0 Å². The van der Waals surface area contributed by atoms with Crippen LogP contribution in [0.4, 0.5) is 23.1 Å². The van der Waals surface area contributed by atoms with Crippen LogP contribution >= 0.6 is 11.3 Å². The standard InChI is InChI=1S/C16H16F3N3O2S/c17-16(18,19)13-11-25-14(20-13)21-6-8-22(9-7-21)15(23)24-10-12-4-2-1-3-5-12/h1-5,11H,6-10H2. The molecule has 0 spiro atoms. The number of ether oxygens (including phenoxy) is 1. The van der Waals surface area contributed by atoms with Gasteiger partial charge in [0.05, 0.1) is 0 Å². The van der Waals surface area contributed by atoms with Crippen LogP contribution in [-0.2, 0) is 17.5 Å². The summed E-state index contributed by atoms with van der Waals surface area (Å²) in [6.45, 7) is 1.81. The third-order valence-electron chi connectivity index (χ3n) is 3.80. The summed E-state index contributed by atoms with van der Waals surface area (Å²) < 4.78 is 43.1. The van der Waals surface area contributed by atoms with Crippen molar-refractivity contribution in [3.63, 3.8) is 0 Å². The molecule has 2 aromatic rings. The molecule has 25 heavy (non-hydrogen) atoms. The van der Waals surface area contributed by atoms with E-state index in [9.17, 15) is 18.0 Å². The summed E-state index contributed by atoms with van der Waals surface area (Å²) in [5, 5.41) is 1.33. The molecule has 0 bridgehead atoms. The van der Waals surface area contributed by atoms with E-state index in [2.05, 4.69) is 4.98 Å². The van der Waals surface area contributed by atoms with E-state index in [0.717, 1.165) is 22.3 Å². The molecular formula is C16H16F3N3O2S. The average Bonchev–Trinajstić information content (AvgIpc) is 3.11. The maximum absolute atomic E-state index is 12.6. The maximum atomic E-state index is 12.6. The van der Waals surface area contributed by atoms with Gasteiger partial charge in [-0.05, 0) is 5.56 Å². The van der Waals surface area contributed by atoms with Gasteiger partial charge in [0.15, 0.2) is 10.8 Å². The molecule has 0 atom stereocenters. The summed E-state index contributed by atoms with van der Waals surface area (Å²) in [6, 6.07) is 9.35. The van der Waals surface area contributed by atoms with Crippen molar-refractivity contribution in [2.45, 2.75) is 12.8 Å². The van der Waals surface area contributed by atoms with E-state index in [1.165, 1.54) is 0 Å². The fraction of sp³-hybridized carbons (Fsp3) is 0.375. The van der Waals surface area contributed by atoms with Crippen molar-refractivity contribution in [2.75, 3.05) is 31.1 Å². The molecule has 1 amide bonds. The zero-order chi connectivity index (χ0) is 17.9. The average molecular weight is 371 g/mol. The van der Waals surface area contributed by atoms with E-state index < -0.39 is 18.0 Å². The summed E-state index contributed by atoms with van der Waals surface area (Å²) >= 11 is 0.960. The molecule has 1 aromatic carbocycles. The predicted molar refractivity (Wildman–Crippen MR) is 87.5 cm³/mol. The fourth-order valence-electron chi connectivity index (χ4n) is 2.43. The number of hydrogen-bond acceptors (Lipinski definition) is 5. The van der Waals surface area contributed by atoms with Crippen LogP contribution in [-0.4, -0.2) is 42.2 Å². The Kier molecular flexibility index (Phi) is 5.12. The van der Waals surface area contributed by atoms with Gasteiger partial charge >= 0.3 is 12.3 Å². The molecule has 1 aliphatic rings. The minimum Gasteiger partial charge on any atom is -0.445 e. The van der Waals surface area contributed by atoms with E-state index in [1.54, 1.807) is 9.80 Å². The van der Waals surface area contributed by atoms with Crippen LogP contribution in [0.1, 0.15) is 11.3 Å². The molecule has 0 N–H and O–H groups in total. The number of thiazole rings is 1. The number of halogens is 3. The van der Waals surface area contributed by atoms with Crippen LogP contribution in [0.2, 0.25) is 0 Å². The second-order valence-corrected chi connectivity index (χ2v) is 6.36. The quantitative estimate of drug-likeness (QED) is 0.827. The molecule has 0 saturated carbocycles. The lowest BCUT2D eigenvalue weighted by molar-refractivity contribution is -0.140. The molecule has 3 rings (SSSR count). The largest absolute Gasteiger partial charge is 0.445 e. The lowest BCUT2D eigenvalue weighted by Gasteiger charge is -2.33. The minimum absolute atomic E-state index is 0.196. The third-order valence-corrected chi connectivity index (χ3v) is 4.70. The number of benzene rings is 1. The van der Waals surface area contributed by atoms with E-state index in [1.807, 2.05) is 30.3 Å². The van der Waals surface area contributed by atoms with Crippen molar-refractivity contribution in [3.8, 4) is 0 Å². The van der Waals surface area contributed by atoms with Crippen molar-refractivity contribution < 1.29 is 22.7 Å². The van der Waals surface area contributed by atoms with Crippen LogP contribution in [0.5, 0.6) is 0 Å². The summed E-state index contributed by atoms with van der Waals surface area (Å²) in [5.41, 5.74) is 0.0224. The SMILES string of the molecule is O=C(OCc1ccccc1)N1CCN(c2nc(C(F)(F)F)cs2)CC1. The molecule has 1 aliphatic heterocycles. The normalized spacial score (nSPS) is 15.3. The predicted octanol–water partition coefficient (Wildman–Crippen LogP) is 3.62. The van der Waals surface area contributed by atoms with E-state index in [0.29, 0.717) is 31.3 Å². The number of nitrogens with zero attached hydrogens (tertiary/aromatic N) is 3. The lowest BCUT2D eigenvalue weighted by atomic mass is 10.2. The van der Waals surface area contributed by atoms with Gasteiger partial charge in [0, 0.05) is 31.6 Å². The Balaban J connectivity index is 1.50. The van der Waals surface area contributed by atoms with Gasteiger partial charge < -0.3 is 14.5 Å². The first-order valence-corrected chi connectivity index (χ1v) is 8.55. The Morgan fingerprint density at radius 1 is 1.16 bits per heavy atom. The topological polar surface area (TPSA) is 45.7 Å². The van der Waals surface area contributed by atoms with Gasteiger partial charge in [-0.1, -0.05) is 30.3 Å². The highest BCUT2D eigenvalue weighted by molar-refractivity contribution is 7.13. The number of hydrogen-bond donors (Lipinski definition) is 0. The smallest absolute Gasteiger partial charge is 0.434 e. The van der Waals surface area contributed by atoms with Crippen LogP contribution in [0.15, 0.2) is 35.7 Å². The number of carbonyl (C=O) groups excluding carboxylic acids is 1. The van der Waals surface area contributed by atoms with Crippen LogP contribution < -0.4 is 4.90 Å². The van der Waals surface area contributed by atoms with Crippen LogP contribution in [0, 0.1) is 0 Å². The lowest BCUT2D eigenvalue weighted by Crippen LogP contribution is -2.48. The number of alkyl halides is 3. The second-order valence-electron chi connectivity index (χ2n) is 5.53. The second kappa shape index (κ2) is 7.30. The number of aromatic nitrogens is 1. The third kappa shape index (κ3) is 4.41. The fourth-order valence-corrected chi connectivity index (χ4v) is 3.32. The van der Waals surface area contributed by atoms with Crippen molar-refractivity contribution in [2.24, 2.45) is 0 Å². The number of carbonyl (C=O) groups is 1. The molecule has 2 heterocycles. The molecule has 5 nitrogen and oxygen atoms in total. The molecule has 0 aliphatic carbocycles. The Bertz CT molecular complexity index is 713. The van der Waals surface area contributed by atoms with Crippen molar-refractivity contribution in [1.82, 2.24) is 9.88 Å². The molecule has 1 saturated heterocycles. The number of rotatable bonds is 3. The zero-order valence-corrected chi connectivity index (χ0v) is 14.0. The number of amides is 1. The van der Waals surface area contributed by atoms with Gasteiger partial charge in [-0.25, -0.2) is 9.78 Å². The summed E-state index contributed by atoms with van der Waals surface area (Å²) in [7, 11) is 0. The molecule has 0 unspecified atom stereocenters. The Morgan fingerprint density at radius 2 is 1.84 bits per heavy atom. The Labute approximate surface area is 146 Å². The zero-order valence-electron chi connectivity index (χ0n) is 13.2. The summed E-state index contributed by atoms with van der Waals surface area (Å²) in [6.07, 6.45) is -4.85. The van der Waals surface area contributed by atoms with Crippen molar-refractivity contribution >= 4 is 22.6 Å². The van der Waals surface area contributed by atoms with E-state index in [4.69, 9.17) is 4.74 Å². The summed E-state index contributed by atoms with van der Waals surface area (Å²) in [5.74, 6) is 0. The van der Waals surface area contributed by atoms with E-state index in [-0.39, 0.29) is 6.61 Å². The number of piperazine rings is 1. The number of anilines is 1. The van der Waals surface area contributed by atoms with Gasteiger partial charge in [0.2, 0.25) is 0 Å². The highest BCUT2D eigenvalue weighted by Crippen LogP contribution is 2.33. The Morgan fingerprint density at radius 3 is 2.44 bits per heavy atom. The van der Waals surface area contributed by atoms with Crippen molar-refractivity contribution in [3.05, 3.63) is 47.0 Å². The first-order valence-electron chi connectivity index (χ1n) is 7.67. The monoisotopic (exact) mass is 371 g/mol. The molecule has 0 radical (unpaired) electrons. The molecule has 9 heteroatoms. The van der Waals surface area contributed by atoms with Crippen molar-refractivity contribution in [1.29, 1.82) is 0 Å². The first kappa shape index (κ1) is 17.5. The highest BCUT2D eigenvalue weighted by Gasteiger charge is 2.34. The minimum atomic E-state index is -4.43. The Hall–Kier alpha value is -2.29. The molecule has 1 fully saturated rings. The van der Waals surface area contributed by atoms with Gasteiger partial charge in [-0.3, -0.25) is 0 Å². The van der Waals surface area contributed by atoms with Gasteiger partial charge in [-0.2, -0.15) is 13.2 Å². The van der Waals surface area contributed by atoms with Gasteiger partial charge in [0.1, 0.15) is 6.61 Å². The van der Waals surface area contributed by atoms with Crippen LogP contribution in [0.3, 0.4) is 0 Å².